The number of hydrogen-bond donors (Lipinski definition) is 2. The van der Waals surface area contributed by atoms with Crippen LogP contribution in [0.3, 0.4) is 0 Å². The van der Waals surface area contributed by atoms with Gasteiger partial charge in [0.25, 0.3) is 11.6 Å². The molecule has 100 valence electrons. The minimum Gasteiger partial charge on any atom is -0.481 e. The number of nitro groups is 1. The summed E-state index contributed by atoms with van der Waals surface area (Å²) in [6, 6.07) is 5.44. The number of para-hydroxylation sites is 1. The average molecular weight is 264 g/mol. The van der Waals surface area contributed by atoms with Crippen LogP contribution in [0.25, 0.3) is 0 Å². The number of nitro benzene ring substituents is 1. The van der Waals surface area contributed by atoms with E-state index in [1.54, 1.807) is 6.07 Å². The molecule has 1 aromatic carbocycles. The van der Waals surface area contributed by atoms with Crippen LogP contribution in [-0.2, 0) is 4.79 Å². The van der Waals surface area contributed by atoms with Gasteiger partial charge in [0.2, 0.25) is 0 Å². The zero-order valence-corrected chi connectivity index (χ0v) is 9.91. The second-order valence-corrected chi connectivity index (χ2v) is 4.45. The van der Waals surface area contributed by atoms with Crippen LogP contribution in [0.1, 0.15) is 23.2 Å². The van der Waals surface area contributed by atoms with Gasteiger partial charge in [0, 0.05) is 12.1 Å². The fraction of sp³-hybridized carbons (Fsp3) is 0.333. The number of aliphatic carboxylic acids is 1. The third-order valence-electron chi connectivity index (χ3n) is 3.17. The Labute approximate surface area is 108 Å². The fourth-order valence-electron chi connectivity index (χ4n) is 2.03. The minimum atomic E-state index is -0.879. The van der Waals surface area contributed by atoms with Crippen molar-refractivity contribution in [3.63, 3.8) is 0 Å². The molecule has 1 aliphatic carbocycles. The van der Waals surface area contributed by atoms with Crippen LogP contribution in [0, 0.1) is 16.0 Å². The van der Waals surface area contributed by atoms with E-state index in [0.29, 0.717) is 12.8 Å². The smallest absolute Gasteiger partial charge is 0.306 e. The summed E-state index contributed by atoms with van der Waals surface area (Å²) >= 11 is 0. The maximum absolute atomic E-state index is 11.9. The average Bonchev–Trinajstić information content (AvgIpc) is 2.32. The molecule has 0 bridgehead atoms. The van der Waals surface area contributed by atoms with Crippen molar-refractivity contribution < 1.29 is 19.6 Å². The number of carbonyl (C=O) groups excluding carboxylic acids is 1. The zero-order valence-electron chi connectivity index (χ0n) is 9.91. The van der Waals surface area contributed by atoms with Gasteiger partial charge >= 0.3 is 5.97 Å². The van der Waals surface area contributed by atoms with Crippen LogP contribution in [0.4, 0.5) is 5.69 Å². The molecule has 0 aromatic heterocycles. The van der Waals surface area contributed by atoms with Gasteiger partial charge in [-0.05, 0) is 18.9 Å². The predicted molar refractivity (Wildman–Crippen MR) is 64.7 cm³/mol. The Morgan fingerprint density at radius 1 is 1.32 bits per heavy atom. The van der Waals surface area contributed by atoms with Crippen LogP contribution in [0.2, 0.25) is 0 Å². The van der Waals surface area contributed by atoms with E-state index in [9.17, 15) is 19.7 Å². The van der Waals surface area contributed by atoms with Crippen molar-refractivity contribution in [1.29, 1.82) is 0 Å². The van der Waals surface area contributed by atoms with E-state index < -0.39 is 22.7 Å². The van der Waals surface area contributed by atoms with Crippen LogP contribution in [-0.4, -0.2) is 27.9 Å². The standard InChI is InChI=1S/C12H12N2O5/c15-11(13-8-5-7(6-8)12(16)17)9-3-1-2-4-10(9)14(18)19/h1-4,7-8H,5-6H2,(H,13,15)(H,16,17). The van der Waals surface area contributed by atoms with Crippen molar-refractivity contribution in [1.82, 2.24) is 5.32 Å². The highest BCUT2D eigenvalue weighted by Gasteiger charge is 2.36. The van der Waals surface area contributed by atoms with Gasteiger partial charge in [0.05, 0.1) is 10.8 Å². The maximum atomic E-state index is 11.9. The molecule has 0 aliphatic heterocycles. The first kappa shape index (κ1) is 13.0. The molecule has 0 spiro atoms. The summed E-state index contributed by atoms with van der Waals surface area (Å²) in [5.74, 6) is -1.85. The summed E-state index contributed by atoms with van der Waals surface area (Å²) in [6.45, 7) is 0. The van der Waals surface area contributed by atoms with Crippen LogP contribution >= 0.6 is 0 Å². The maximum Gasteiger partial charge on any atom is 0.306 e. The molecular weight excluding hydrogens is 252 g/mol. The number of carboxylic acid groups (broad SMARTS) is 1. The quantitative estimate of drug-likeness (QED) is 0.627. The minimum absolute atomic E-state index is 0.00808. The largest absolute Gasteiger partial charge is 0.481 e. The normalized spacial score (nSPS) is 21.3. The van der Waals surface area contributed by atoms with Gasteiger partial charge in [-0.3, -0.25) is 19.7 Å². The number of rotatable bonds is 4. The molecule has 0 heterocycles. The van der Waals surface area contributed by atoms with Gasteiger partial charge in [0.1, 0.15) is 5.56 Å². The second kappa shape index (κ2) is 5.05. The van der Waals surface area contributed by atoms with E-state index in [4.69, 9.17) is 5.11 Å². The molecule has 7 nitrogen and oxygen atoms in total. The van der Waals surface area contributed by atoms with E-state index in [1.165, 1.54) is 18.2 Å². The van der Waals surface area contributed by atoms with Crippen molar-refractivity contribution in [3.8, 4) is 0 Å². The molecule has 19 heavy (non-hydrogen) atoms. The topological polar surface area (TPSA) is 110 Å². The molecule has 2 N–H and O–H groups in total. The Bertz CT molecular complexity index is 537. The summed E-state index contributed by atoms with van der Waals surface area (Å²) in [4.78, 5) is 32.7. The lowest BCUT2D eigenvalue weighted by Gasteiger charge is -2.32. The first-order valence-corrected chi connectivity index (χ1v) is 5.76. The van der Waals surface area contributed by atoms with Crippen molar-refractivity contribution >= 4 is 17.6 Å². The number of benzene rings is 1. The molecule has 1 fully saturated rings. The summed E-state index contributed by atoms with van der Waals surface area (Å²) in [6.07, 6.45) is 0.726. The molecule has 0 saturated heterocycles. The second-order valence-electron chi connectivity index (χ2n) is 4.45. The van der Waals surface area contributed by atoms with Gasteiger partial charge in [-0.2, -0.15) is 0 Å². The van der Waals surface area contributed by atoms with Gasteiger partial charge in [0.15, 0.2) is 0 Å². The highest BCUT2D eigenvalue weighted by atomic mass is 16.6. The number of hydrogen-bond acceptors (Lipinski definition) is 4. The van der Waals surface area contributed by atoms with Gasteiger partial charge < -0.3 is 10.4 Å². The molecule has 1 amide bonds. The highest BCUT2D eigenvalue weighted by molar-refractivity contribution is 5.98. The SMILES string of the molecule is O=C(NC1CC(C(=O)O)C1)c1ccccc1[N+](=O)[O-]. The molecule has 0 radical (unpaired) electrons. The Balaban J connectivity index is 2.02. The van der Waals surface area contributed by atoms with E-state index in [1.807, 2.05) is 0 Å². The van der Waals surface area contributed by atoms with Crippen molar-refractivity contribution in [2.45, 2.75) is 18.9 Å². The van der Waals surface area contributed by atoms with E-state index >= 15 is 0 Å². The molecular formula is C12H12N2O5. The molecule has 1 aliphatic rings. The van der Waals surface area contributed by atoms with Crippen LogP contribution in [0.15, 0.2) is 24.3 Å². The number of nitrogens with one attached hydrogen (secondary N) is 1. The first-order chi connectivity index (χ1) is 8.99. The number of carbonyl (C=O) groups is 2. The third-order valence-corrected chi connectivity index (χ3v) is 3.17. The predicted octanol–water partition coefficient (Wildman–Crippen LogP) is 1.19. The molecule has 0 unspecified atom stereocenters. The van der Waals surface area contributed by atoms with Gasteiger partial charge in [-0.1, -0.05) is 12.1 Å². The molecule has 1 aromatic rings. The number of nitrogens with zero attached hydrogens (tertiary/aromatic N) is 1. The van der Waals surface area contributed by atoms with Crippen LogP contribution in [0.5, 0.6) is 0 Å². The lowest BCUT2D eigenvalue weighted by atomic mass is 9.80. The first-order valence-electron chi connectivity index (χ1n) is 5.76. The Kier molecular flexibility index (Phi) is 3.46. The molecule has 1 saturated carbocycles. The number of carboxylic acids is 1. The van der Waals surface area contributed by atoms with E-state index in [2.05, 4.69) is 5.32 Å². The van der Waals surface area contributed by atoms with E-state index in [-0.39, 0.29) is 17.3 Å². The Morgan fingerprint density at radius 2 is 1.95 bits per heavy atom. The Hall–Kier alpha value is -2.44. The lowest BCUT2D eigenvalue weighted by molar-refractivity contribution is -0.385. The Morgan fingerprint density at radius 3 is 2.53 bits per heavy atom. The van der Waals surface area contributed by atoms with Gasteiger partial charge in [-0.25, -0.2) is 0 Å². The third kappa shape index (κ3) is 2.70. The summed E-state index contributed by atoms with van der Waals surface area (Å²) < 4.78 is 0. The zero-order chi connectivity index (χ0) is 14.0. The number of amides is 1. The summed E-state index contributed by atoms with van der Waals surface area (Å²) in [7, 11) is 0. The molecule has 7 heteroatoms. The molecule has 0 atom stereocenters. The van der Waals surface area contributed by atoms with E-state index in [0.717, 1.165) is 0 Å². The lowest BCUT2D eigenvalue weighted by Crippen LogP contribution is -2.46. The monoisotopic (exact) mass is 264 g/mol. The summed E-state index contributed by atoms with van der Waals surface area (Å²) in [5, 5.41) is 22.1. The van der Waals surface area contributed by atoms with Crippen LogP contribution < -0.4 is 5.32 Å². The van der Waals surface area contributed by atoms with Crippen molar-refractivity contribution in [2.24, 2.45) is 5.92 Å². The van der Waals surface area contributed by atoms with Gasteiger partial charge in [-0.15, -0.1) is 0 Å². The van der Waals surface area contributed by atoms with Crippen molar-refractivity contribution in [3.05, 3.63) is 39.9 Å². The van der Waals surface area contributed by atoms with Crippen molar-refractivity contribution in [2.75, 3.05) is 0 Å². The molecule has 2 rings (SSSR count). The fourth-order valence-corrected chi connectivity index (χ4v) is 2.03. The highest BCUT2D eigenvalue weighted by Crippen LogP contribution is 2.28. The summed E-state index contributed by atoms with van der Waals surface area (Å²) in [5.41, 5.74) is -0.264.